The van der Waals surface area contributed by atoms with E-state index in [0.717, 1.165) is 19.3 Å². The van der Waals surface area contributed by atoms with E-state index >= 15 is 0 Å². The van der Waals surface area contributed by atoms with Crippen LogP contribution < -0.4 is 0 Å². The summed E-state index contributed by atoms with van der Waals surface area (Å²) >= 11 is 0. The van der Waals surface area contributed by atoms with E-state index in [0.29, 0.717) is 12.3 Å². The molecule has 2 atom stereocenters. The molecule has 0 saturated heterocycles. The average Bonchev–Trinajstić information content (AvgIpc) is 2.49. The van der Waals surface area contributed by atoms with E-state index in [-0.39, 0.29) is 5.78 Å². The van der Waals surface area contributed by atoms with E-state index in [9.17, 15) is 9.90 Å². The molecule has 0 aromatic carbocycles. The fourth-order valence-electron chi connectivity index (χ4n) is 2.92. The molecule has 0 saturated carbocycles. The van der Waals surface area contributed by atoms with E-state index < -0.39 is 6.10 Å². The van der Waals surface area contributed by atoms with Crippen LogP contribution in [0.4, 0.5) is 0 Å². The molecule has 0 aromatic heterocycles. The van der Waals surface area contributed by atoms with Crippen molar-refractivity contribution in [2.24, 2.45) is 5.92 Å². The third kappa shape index (κ3) is 11.7. The minimum absolute atomic E-state index is 0.230. The molecule has 0 bridgehead atoms. The summed E-state index contributed by atoms with van der Waals surface area (Å²) in [5.74, 6) is 0.251. The predicted molar refractivity (Wildman–Crippen MR) is 91.5 cm³/mol. The smallest absolute Gasteiger partial charge is 0.183 e. The molecule has 0 fully saturated rings. The van der Waals surface area contributed by atoms with Gasteiger partial charge in [0.05, 0.1) is 0 Å². The molecule has 0 aliphatic heterocycles. The van der Waals surface area contributed by atoms with Gasteiger partial charge in [-0.3, -0.25) is 4.79 Å². The second kappa shape index (κ2) is 14.3. The van der Waals surface area contributed by atoms with E-state index in [1.165, 1.54) is 57.4 Å². The molecule has 0 spiro atoms. The molecule has 0 aliphatic carbocycles. The number of ketones is 1. The Balaban J connectivity index is 3.74. The van der Waals surface area contributed by atoms with Gasteiger partial charge in [0.2, 0.25) is 0 Å². The Bertz CT molecular complexity index is 260. The van der Waals surface area contributed by atoms with Crippen LogP contribution in [0.1, 0.15) is 90.9 Å². The first-order valence-electron chi connectivity index (χ1n) is 9.00. The quantitative estimate of drug-likeness (QED) is 0.323. The summed E-state index contributed by atoms with van der Waals surface area (Å²) in [6.45, 7) is 7.86. The van der Waals surface area contributed by atoms with Crippen LogP contribution >= 0.6 is 0 Å². The molecule has 21 heavy (non-hydrogen) atoms. The first kappa shape index (κ1) is 20.4. The lowest BCUT2D eigenvalue weighted by atomic mass is 9.89. The summed E-state index contributed by atoms with van der Waals surface area (Å²) in [5.41, 5.74) is 0. The molecule has 2 heteroatoms. The van der Waals surface area contributed by atoms with E-state index in [1.54, 1.807) is 0 Å². The zero-order valence-electron chi connectivity index (χ0n) is 14.3. The van der Waals surface area contributed by atoms with Crippen molar-refractivity contribution >= 4 is 5.78 Å². The number of aliphatic hydroxyl groups excluding tert-OH is 1. The van der Waals surface area contributed by atoms with E-state index in [4.69, 9.17) is 0 Å². The number of aliphatic hydroxyl groups is 1. The van der Waals surface area contributed by atoms with Gasteiger partial charge in [0.1, 0.15) is 6.10 Å². The Hall–Kier alpha value is -0.630. The topological polar surface area (TPSA) is 37.3 Å². The van der Waals surface area contributed by atoms with Crippen LogP contribution in [0.2, 0.25) is 0 Å². The molecule has 2 unspecified atom stereocenters. The van der Waals surface area contributed by atoms with Gasteiger partial charge in [-0.25, -0.2) is 0 Å². The molecule has 0 heterocycles. The summed E-state index contributed by atoms with van der Waals surface area (Å²) in [5, 5.41) is 9.82. The molecular formula is C19H36O2. The third-order valence-corrected chi connectivity index (χ3v) is 4.25. The number of carbonyl (C=O) groups excluding carboxylic acids is 1. The maximum absolute atomic E-state index is 11.4. The highest BCUT2D eigenvalue weighted by atomic mass is 16.3. The Kier molecular flexibility index (Phi) is 13.9. The van der Waals surface area contributed by atoms with Crippen molar-refractivity contribution in [3.05, 3.63) is 12.7 Å². The average molecular weight is 296 g/mol. The van der Waals surface area contributed by atoms with Crippen LogP contribution in [0.15, 0.2) is 12.7 Å². The molecule has 0 rings (SSSR count). The van der Waals surface area contributed by atoms with Gasteiger partial charge in [0.15, 0.2) is 5.78 Å². The zero-order valence-corrected chi connectivity index (χ0v) is 14.3. The largest absolute Gasteiger partial charge is 0.385 e. The van der Waals surface area contributed by atoms with Crippen molar-refractivity contribution in [3.8, 4) is 0 Å². The minimum Gasteiger partial charge on any atom is -0.385 e. The lowest BCUT2D eigenvalue weighted by molar-refractivity contribution is -0.123. The summed E-state index contributed by atoms with van der Waals surface area (Å²) in [7, 11) is 0. The Morgan fingerprint density at radius 2 is 1.52 bits per heavy atom. The molecule has 0 aliphatic rings. The summed E-state index contributed by atoms with van der Waals surface area (Å²) in [6.07, 6.45) is 15.0. The van der Waals surface area contributed by atoms with Crippen molar-refractivity contribution in [3.63, 3.8) is 0 Å². The third-order valence-electron chi connectivity index (χ3n) is 4.25. The van der Waals surface area contributed by atoms with Crippen molar-refractivity contribution in [2.75, 3.05) is 0 Å². The van der Waals surface area contributed by atoms with Gasteiger partial charge in [-0.15, -0.1) is 0 Å². The number of rotatable bonds is 15. The number of unbranched alkanes of at least 4 members (excludes halogenated alkanes) is 7. The zero-order chi connectivity index (χ0) is 15.9. The fourth-order valence-corrected chi connectivity index (χ4v) is 2.92. The number of hydrogen-bond acceptors (Lipinski definition) is 2. The maximum atomic E-state index is 11.4. The van der Waals surface area contributed by atoms with Crippen LogP contribution in [0, 0.1) is 5.92 Å². The van der Waals surface area contributed by atoms with Crippen molar-refractivity contribution in [1.29, 1.82) is 0 Å². The van der Waals surface area contributed by atoms with Crippen LogP contribution in [-0.4, -0.2) is 17.0 Å². The lowest BCUT2D eigenvalue weighted by Gasteiger charge is -2.18. The lowest BCUT2D eigenvalue weighted by Crippen LogP contribution is -2.22. The van der Waals surface area contributed by atoms with Crippen molar-refractivity contribution in [2.45, 2.75) is 97.0 Å². The molecule has 2 nitrogen and oxygen atoms in total. The standard InChI is InChI=1S/C19H36O2/c1-4-7-8-9-10-11-12-13-15-17(14-5-2)16-19(21)18(20)6-3/h6,17,19,21H,3-5,7-16H2,1-2H3. The Morgan fingerprint density at radius 1 is 0.952 bits per heavy atom. The van der Waals surface area contributed by atoms with Gasteiger partial charge in [0, 0.05) is 0 Å². The van der Waals surface area contributed by atoms with Gasteiger partial charge in [-0.05, 0) is 18.4 Å². The predicted octanol–water partition coefficient (Wildman–Crippen LogP) is 5.44. The van der Waals surface area contributed by atoms with Crippen LogP contribution in [0.5, 0.6) is 0 Å². The SMILES string of the molecule is C=CC(=O)C(O)CC(CCC)CCCCCCCCCC. The summed E-state index contributed by atoms with van der Waals surface area (Å²) in [4.78, 5) is 11.4. The second-order valence-corrected chi connectivity index (χ2v) is 6.28. The van der Waals surface area contributed by atoms with Crippen LogP contribution in [0.25, 0.3) is 0 Å². The van der Waals surface area contributed by atoms with Gasteiger partial charge in [-0.2, -0.15) is 0 Å². The molecular weight excluding hydrogens is 260 g/mol. The minimum atomic E-state index is -0.840. The fraction of sp³-hybridized carbons (Fsp3) is 0.842. The first-order valence-corrected chi connectivity index (χ1v) is 9.00. The summed E-state index contributed by atoms with van der Waals surface area (Å²) in [6, 6.07) is 0. The second-order valence-electron chi connectivity index (χ2n) is 6.28. The van der Waals surface area contributed by atoms with Gasteiger partial charge in [-0.1, -0.05) is 91.1 Å². The molecule has 0 aromatic rings. The maximum Gasteiger partial charge on any atom is 0.183 e. The Morgan fingerprint density at radius 3 is 2.05 bits per heavy atom. The normalized spacial score (nSPS) is 13.9. The highest BCUT2D eigenvalue weighted by molar-refractivity contribution is 5.92. The highest BCUT2D eigenvalue weighted by Gasteiger charge is 2.17. The molecule has 0 amide bonds. The van der Waals surface area contributed by atoms with Gasteiger partial charge >= 0.3 is 0 Å². The van der Waals surface area contributed by atoms with Crippen LogP contribution in [0.3, 0.4) is 0 Å². The number of carbonyl (C=O) groups is 1. The van der Waals surface area contributed by atoms with Crippen LogP contribution in [-0.2, 0) is 4.79 Å². The van der Waals surface area contributed by atoms with Gasteiger partial charge < -0.3 is 5.11 Å². The molecule has 124 valence electrons. The summed E-state index contributed by atoms with van der Waals surface area (Å²) < 4.78 is 0. The van der Waals surface area contributed by atoms with Crippen molar-refractivity contribution < 1.29 is 9.90 Å². The Labute approximate surface area is 132 Å². The highest BCUT2D eigenvalue weighted by Crippen LogP contribution is 2.22. The molecule has 1 N–H and O–H groups in total. The van der Waals surface area contributed by atoms with E-state index in [1.807, 2.05) is 0 Å². The van der Waals surface area contributed by atoms with Gasteiger partial charge in [0.25, 0.3) is 0 Å². The van der Waals surface area contributed by atoms with Crippen molar-refractivity contribution in [1.82, 2.24) is 0 Å². The monoisotopic (exact) mass is 296 g/mol. The van der Waals surface area contributed by atoms with E-state index in [2.05, 4.69) is 20.4 Å². The number of hydrogen-bond donors (Lipinski definition) is 1. The first-order chi connectivity index (χ1) is 10.2. The molecule has 0 radical (unpaired) electrons.